The molecular formula is C5H9NS. The smallest absolute Gasteiger partial charge is 0.0322 e. The summed E-state index contributed by atoms with van der Waals surface area (Å²) in [6.07, 6.45) is 4.21. The predicted octanol–water partition coefficient (Wildman–Crippen LogP) is 0.444. The van der Waals surface area contributed by atoms with Crippen LogP contribution in [0, 0.1) is 0 Å². The van der Waals surface area contributed by atoms with Crippen molar-refractivity contribution in [1.29, 1.82) is 0 Å². The Bertz CT molecular complexity index is 80.1. The highest BCUT2D eigenvalue weighted by atomic mass is 32.1. The van der Waals surface area contributed by atoms with Crippen LogP contribution in [0.1, 0.15) is 0 Å². The molecule has 1 nitrogen and oxygen atoms in total. The molecule has 1 N–H and O–H groups in total. The van der Waals surface area contributed by atoms with Gasteiger partial charge in [-0.1, -0.05) is 12.2 Å². The zero-order chi connectivity index (χ0) is 5.11. The molecule has 0 aromatic heterocycles. The molecule has 1 rings (SSSR count). The maximum absolute atomic E-state index is 4.21. The van der Waals surface area contributed by atoms with E-state index in [-0.39, 0.29) is 0 Å². The standard InChI is InChI=1S/C5H9NS/c7-5-2-1-3-6-4-5/h1-2,5-7H,3-4H2. The minimum absolute atomic E-state index is 0.439. The highest BCUT2D eigenvalue weighted by Crippen LogP contribution is 1.97. The maximum atomic E-state index is 4.21. The number of hydrogen-bond acceptors (Lipinski definition) is 2. The van der Waals surface area contributed by atoms with E-state index in [0.717, 1.165) is 13.1 Å². The lowest BCUT2D eigenvalue weighted by Crippen LogP contribution is -2.25. The Morgan fingerprint density at radius 1 is 1.71 bits per heavy atom. The molecule has 0 fully saturated rings. The predicted molar refractivity (Wildman–Crippen MR) is 34.8 cm³/mol. The van der Waals surface area contributed by atoms with Gasteiger partial charge in [0.05, 0.1) is 0 Å². The molecule has 0 aliphatic carbocycles. The van der Waals surface area contributed by atoms with Gasteiger partial charge in [-0.2, -0.15) is 12.6 Å². The first-order valence-electron chi connectivity index (χ1n) is 2.45. The Balaban J connectivity index is 2.36. The van der Waals surface area contributed by atoms with Gasteiger partial charge in [-0.15, -0.1) is 0 Å². The van der Waals surface area contributed by atoms with Gasteiger partial charge in [-0.05, 0) is 0 Å². The van der Waals surface area contributed by atoms with Crippen LogP contribution in [0.15, 0.2) is 12.2 Å². The highest BCUT2D eigenvalue weighted by Gasteiger charge is 1.98. The first-order chi connectivity index (χ1) is 3.39. The minimum Gasteiger partial charge on any atom is -0.312 e. The quantitative estimate of drug-likeness (QED) is 0.345. The molecule has 0 bridgehead atoms. The van der Waals surface area contributed by atoms with Crippen molar-refractivity contribution in [1.82, 2.24) is 5.32 Å². The maximum Gasteiger partial charge on any atom is 0.0322 e. The van der Waals surface area contributed by atoms with Crippen molar-refractivity contribution in [2.45, 2.75) is 5.25 Å². The van der Waals surface area contributed by atoms with Gasteiger partial charge in [-0.3, -0.25) is 0 Å². The summed E-state index contributed by atoms with van der Waals surface area (Å²) in [4.78, 5) is 0. The molecule has 0 spiro atoms. The summed E-state index contributed by atoms with van der Waals surface area (Å²) >= 11 is 4.21. The fraction of sp³-hybridized carbons (Fsp3) is 0.600. The Labute approximate surface area is 49.2 Å². The molecule has 1 unspecified atom stereocenters. The SMILES string of the molecule is SC1C=CCNC1. The molecule has 1 aliphatic rings. The van der Waals surface area contributed by atoms with Gasteiger partial charge in [0.15, 0.2) is 0 Å². The third-order valence-electron chi connectivity index (χ3n) is 0.974. The van der Waals surface area contributed by atoms with Crippen LogP contribution in [0.5, 0.6) is 0 Å². The number of rotatable bonds is 0. The first kappa shape index (κ1) is 5.19. The summed E-state index contributed by atoms with van der Waals surface area (Å²) < 4.78 is 0. The summed E-state index contributed by atoms with van der Waals surface area (Å²) in [5.41, 5.74) is 0. The van der Waals surface area contributed by atoms with E-state index in [9.17, 15) is 0 Å². The van der Waals surface area contributed by atoms with E-state index in [0.29, 0.717) is 5.25 Å². The average molecular weight is 115 g/mol. The summed E-state index contributed by atoms with van der Waals surface area (Å²) in [7, 11) is 0. The van der Waals surface area contributed by atoms with Gasteiger partial charge in [-0.25, -0.2) is 0 Å². The van der Waals surface area contributed by atoms with Crippen molar-refractivity contribution in [3.63, 3.8) is 0 Å². The van der Waals surface area contributed by atoms with Gasteiger partial charge in [0.1, 0.15) is 0 Å². The monoisotopic (exact) mass is 115 g/mol. The van der Waals surface area contributed by atoms with E-state index in [2.05, 4.69) is 30.1 Å². The number of hydrogen-bond donors (Lipinski definition) is 2. The van der Waals surface area contributed by atoms with Crippen molar-refractivity contribution in [3.8, 4) is 0 Å². The molecule has 7 heavy (non-hydrogen) atoms. The molecule has 1 aliphatic heterocycles. The van der Waals surface area contributed by atoms with Crippen molar-refractivity contribution in [2.24, 2.45) is 0 Å². The second kappa shape index (κ2) is 2.38. The number of nitrogens with one attached hydrogen (secondary N) is 1. The second-order valence-electron chi connectivity index (χ2n) is 1.65. The molecular weight excluding hydrogens is 106 g/mol. The van der Waals surface area contributed by atoms with Crippen LogP contribution in [0.2, 0.25) is 0 Å². The molecule has 1 atom stereocenters. The molecule has 0 aromatic carbocycles. The third kappa shape index (κ3) is 1.53. The van der Waals surface area contributed by atoms with E-state index in [1.54, 1.807) is 0 Å². The van der Waals surface area contributed by atoms with Crippen LogP contribution in [0.25, 0.3) is 0 Å². The summed E-state index contributed by atoms with van der Waals surface area (Å²) in [6, 6.07) is 0. The van der Waals surface area contributed by atoms with E-state index >= 15 is 0 Å². The first-order valence-corrected chi connectivity index (χ1v) is 2.96. The van der Waals surface area contributed by atoms with Crippen LogP contribution >= 0.6 is 12.6 Å². The summed E-state index contributed by atoms with van der Waals surface area (Å²) in [5, 5.41) is 3.61. The lowest BCUT2D eigenvalue weighted by molar-refractivity contribution is 0.740. The van der Waals surface area contributed by atoms with E-state index in [1.165, 1.54) is 0 Å². The molecule has 0 aromatic rings. The molecule has 0 saturated carbocycles. The van der Waals surface area contributed by atoms with E-state index in [1.807, 2.05) is 0 Å². The van der Waals surface area contributed by atoms with E-state index in [4.69, 9.17) is 0 Å². The lowest BCUT2D eigenvalue weighted by atomic mass is 10.3. The largest absolute Gasteiger partial charge is 0.312 e. The van der Waals surface area contributed by atoms with Gasteiger partial charge >= 0.3 is 0 Å². The fourth-order valence-electron chi connectivity index (χ4n) is 0.608. The molecule has 0 saturated heterocycles. The molecule has 0 amide bonds. The van der Waals surface area contributed by atoms with Crippen LogP contribution in [-0.2, 0) is 0 Å². The Kier molecular flexibility index (Phi) is 1.77. The van der Waals surface area contributed by atoms with Gasteiger partial charge in [0.25, 0.3) is 0 Å². The van der Waals surface area contributed by atoms with Crippen LogP contribution in [0.4, 0.5) is 0 Å². The second-order valence-corrected chi connectivity index (χ2v) is 2.32. The van der Waals surface area contributed by atoms with Gasteiger partial charge < -0.3 is 5.32 Å². The van der Waals surface area contributed by atoms with Gasteiger partial charge in [0, 0.05) is 18.3 Å². The van der Waals surface area contributed by atoms with Crippen molar-refractivity contribution in [3.05, 3.63) is 12.2 Å². The Morgan fingerprint density at radius 2 is 2.57 bits per heavy atom. The van der Waals surface area contributed by atoms with Crippen LogP contribution in [-0.4, -0.2) is 18.3 Å². The van der Waals surface area contributed by atoms with Crippen molar-refractivity contribution in [2.75, 3.05) is 13.1 Å². The zero-order valence-corrected chi connectivity index (χ0v) is 4.99. The number of thiol groups is 1. The van der Waals surface area contributed by atoms with Crippen LogP contribution < -0.4 is 5.32 Å². The van der Waals surface area contributed by atoms with E-state index < -0.39 is 0 Å². The van der Waals surface area contributed by atoms with Crippen molar-refractivity contribution >= 4 is 12.6 Å². The lowest BCUT2D eigenvalue weighted by Gasteiger charge is -2.10. The average Bonchev–Trinajstić information content (AvgIpc) is 1.69. The normalized spacial score (nSPS) is 30.7. The highest BCUT2D eigenvalue weighted by molar-refractivity contribution is 7.81. The zero-order valence-electron chi connectivity index (χ0n) is 4.09. The molecule has 2 heteroatoms. The van der Waals surface area contributed by atoms with Crippen LogP contribution in [0.3, 0.4) is 0 Å². The third-order valence-corrected chi connectivity index (χ3v) is 1.33. The Morgan fingerprint density at radius 3 is 2.86 bits per heavy atom. The summed E-state index contributed by atoms with van der Waals surface area (Å²) in [5.74, 6) is 0. The molecule has 0 radical (unpaired) electrons. The molecule has 1 heterocycles. The van der Waals surface area contributed by atoms with Crippen molar-refractivity contribution < 1.29 is 0 Å². The topological polar surface area (TPSA) is 12.0 Å². The van der Waals surface area contributed by atoms with Gasteiger partial charge in [0.2, 0.25) is 0 Å². The summed E-state index contributed by atoms with van der Waals surface area (Å²) in [6.45, 7) is 2.02. The molecule has 40 valence electrons. The fourth-order valence-corrected chi connectivity index (χ4v) is 0.859. The minimum atomic E-state index is 0.439. The Hall–Kier alpha value is 0.0500.